The van der Waals surface area contributed by atoms with E-state index >= 15 is 0 Å². The fraction of sp³-hybridized carbons (Fsp3) is 0.455. The molecule has 0 atom stereocenters. The third-order valence-corrected chi connectivity index (χ3v) is 3.63. The van der Waals surface area contributed by atoms with E-state index in [1.165, 1.54) is 26.0 Å². The van der Waals surface area contributed by atoms with E-state index in [-0.39, 0.29) is 6.42 Å². The molecule has 1 N–H and O–H groups in total. The van der Waals surface area contributed by atoms with Gasteiger partial charge in [-0.2, -0.15) is 13.2 Å². The lowest BCUT2D eigenvalue weighted by Crippen LogP contribution is -2.24. The molecule has 0 fully saturated rings. The summed E-state index contributed by atoms with van der Waals surface area (Å²) in [6, 6.07) is 4.50. The molecule has 0 saturated carbocycles. The Morgan fingerprint density at radius 2 is 1.78 bits per heavy atom. The van der Waals surface area contributed by atoms with Crippen LogP contribution in [0.25, 0.3) is 0 Å². The van der Waals surface area contributed by atoms with Crippen molar-refractivity contribution >= 4 is 9.84 Å². The Morgan fingerprint density at radius 3 is 2.22 bits per heavy atom. The maximum atomic E-state index is 12.4. The molecule has 7 heteroatoms. The highest BCUT2D eigenvalue weighted by Gasteiger charge is 2.46. The molecule has 3 nitrogen and oxygen atoms in total. The molecule has 0 aliphatic rings. The Hall–Kier alpha value is -1.08. The summed E-state index contributed by atoms with van der Waals surface area (Å²) >= 11 is 0. The second-order valence-electron chi connectivity index (χ2n) is 4.59. The van der Waals surface area contributed by atoms with Crippen LogP contribution >= 0.6 is 0 Å². The highest BCUT2D eigenvalue weighted by molar-refractivity contribution is 7.92. The molecule has 0 bridgehead atoms. The van der Waals surface area contributed by atoms with Crippen molar-refractivity contribution in [2.75, 3.05) is 0 Å². The number of halogens is 3. The zero-order chi connectivity index (χ0) is 14.2. The molecule has 0 aromatic heterocycles. The molecular formula is C11H13F3O3S. The van der Waals surface area contributed by atoms with Gasteiger partial charge in [0.15, 0.2) is 0 Å². The SMILES string of the molecule is CC(C)(O)Cc1cccc(S(=O)(=O)C(F)(F)F)c1. The Labute approximate surface area is 103 Å². The first-order valence-electron chi connectivity index (χ1n) is 5.06. The molecule has 1 aromatic rings. The minimum Gasteiger partial charge on any atom is -0.390 e. The smallest absolute Gasteiger partial charge is 0.390 e. The summed E-state index contributed by atoms with van der Waals surface area (Å²) < 4.78 is 59.4. The van der Waals surface area contributed by atoms with Crippen LogP contribution in [0.15, 0.2) is 29.2 Å². The van der Waals surface area contributed by atoms with Crippen LogP contribution in [0.2, 0.25) is 0 Å². The molecule has 0 amide bonds. The molecule has 1 aromatic carbocycles. The van der Waals surface area contributed by atoms with Crippen molar-refractivity contribution in [2.45, 2.75) is 36.3 Å². The van der Waals surface area contributed by atoms with E-state index < -0.39 is 25.8 Å². The summed E-state index contributed by atoms with van der Waals surface area (Å²) in [4.78, 5) is -0.809. The maximum absolute atomic E-state index is 12.4. The maximum Gasteiger partial charge on any atom is 0.501 e. The molecule has 0 saturated heterocycles. The van der Waals surface area contributed by atoms with E-state index in [1.807, 2.05) is 0 Å². The third-order valence-electron chi connectivity index (χ3n) is 2.15. The normalized spacial score (nSPS) is 13.7. The number of rotatable bonds is 3. The van der Waals surface area contributed by atoms with Gasteiger partial charge in [-0.15, -0.1) is 0 Å². The number of alkyl halides is 3. The van der Waals surface area contributed by atoms with Gasteiger partial charge in [0, 0.05) is 6.42 Å². The molecule has 0 aliphatic carbocycles. The van der Waals surface area contributed by atoms with E-state index in [1.54, 1.807) is 0 Å². The summed E-state index contributed by atoms with van der Waals surface area (Å²) in [6.45, 7) is 2.97. The average Bonchev–Trinajstić information content (AvgIpc) is 2.13. The highest BCUT2D eigenvalue weighted by atomic mass is 32.2. The van der Waals surface area contributed by atoms with Crippen LogP contribution in [0.3, 0.4) is 0 Å². The van der Waals surface area contributed by atoms with Crippen LogP contribution in [0.1, 0.15) is 19.4 Å². The van der Waals surface area contributed by atoms with Crippen molar-refractivity contribution < 1.29 is 26.7 Å². The lowest BCUT2D eigenvalue weighted by atomic mass is 9.99. The van der Waals surface area contributed by atoms with E-state index in [0.717, 1.165) is 12.1 Å². The van der Waals surface area contributed by atoms with Crippen molar-refractivity contribution in [1.82, 2.24) is 0 Å². The van der Waals surface area contributed by atoms with Crippen molar-refractivity contribution in [2.24, 2.45) is 0 Å². The van der Waals surface area contributed by atoms with Gasteiger partial charge in [0.2, 0.25) is 0 Å². The molecule has 18 heavy (non-hydrogen) atoms. The molecule has 0 unspecified atom stereocenters. The minimum atomic E-state index is -5.34. The van der Waals surface area contributed by atoms with E-state index in [0.29, 0.717) is 5.56 Å². The van der Waals surface area contributed by atoms with Crippen LogP contribution in [0.5, 0.6) is 0 Å². The standard InChI is InChI=1S/C11H13F3O3S/c1-10(2,15)7-8-4-3-5-9(6-8)18(16,17)11(12,13)14/h3-6,15H,7H2,1-2H3. The number of sulfone groups is 1. The molecule has 0 heterocycles. The van der Waals surface area contributed by atoms with Crippen molar-refractivity contribution in [3.05, 3.63) is 29.8 Å². The number of hydrogen-bond donors (Lipinski definition) is 1. The zero-order valence-electron chi connectivity index (χ0n) is 9.82. The Morgan fingerprint density at radius 1 is 1.22 bits per heavy atom. The summed E-state index contributed by atoms with van der Waals surface area (Å²) in [7, 11) is -5.34. The number of hydrogen-bond acceptors (Lipinski definition) is 3. The van der Waals surface area contributed by atoms with E-state index in [9.17, 15) is 26.7 Å². The number of benzene rings is 1. The molecule has 0 aliphatic heterocycles. The monoisotopic (exact) mass is 282 g/mol. The Balaban J connectivity index is 3.19. The van der Waals surface area contributed by atoms with Crippen LogP contribution in [0.4, 0.5) is 13.2 Å². The van der Waals surface area contributed by atoms with Gasteiger partial charge in [0.1, 0.15) is 0 Å². The molecular weight excluding hydrogens is 269 g/mol. The summed E-state index contributed by atoms with van der Waals surface area (Å²) in [6.07, 6.45) is 0.0637. The van der Waals surface area contributed by atoms with Crippen LogP contribution in [0, 0.1) is 0 Å². The van der Waals surface area contributed by atoms with Crippen molar-refractivity contribution in [1.29, 1.82) is 0 Å². The van der Waals surface area contributed by atoms with Crippen LogP contribution in [-0.2, 0) is 16.3 Å². The first-order valence-corrected chi connectivity index (χ1v) is 6.54. The van der Waals surface area contributed by atoms with Gasteiger partial charge in [0.25, 0.3) is 9.84 Å². The van der Waals surface area contributed by atoms with Gasteiger partial charge in [-0.1, -0.05) is 12.1 Å². The lowest BCUT2D eigenvalue weighted by Gasteiger charge is -2.17. The van der Waals surface area contributed by atoms with Crippen molar-refractivity contribution in [3.63, 3.8) is 0 Å². The van der Waals surface area contributed by atoms with Crippen LogP contribution < -0.4 is 0 Å². The first kappa shape index (κ1) is 15.0. The molecule has 102 valence electrons. The Bertz CT molecular complexity index is 527. The fourth-order valence-electron chi connectivity index (χ4n) is 1.46. The summed E-state index contributed by atoms with van der Waals surface area (Å²) in [5.74, 6) is 0. The van der Waals surface area contributed by atoms with Gasteiger partial charge in [-0.3, -0.25) is 0 Å². The Kier molecular flexibility index (Phi) is 3.78. The van der Waals surface area contributed by atoms with Crippen molar-refractivity contribution in [3.8, 4) is 0 Å². The van der Waals surface area contributed by atoms with Crippen LogP contribution in [-0.4, -0.2) is 24.6 Å². The predicted molar refractivity (Wildman–Crippen MR) is 59.7 cm³/mol. The second-order valence-corrected chi connectivity index (χ2v) is 6.53. The first-order chi connectivity index (χ1) is 7.93. The summed E-state index contributed by atoms with van der Waals surface area (Å²) in [5.41, 5.74) is -6.12. The van der Waals surface area contributed by atoms with Gasteiger partial charge in [-0.25, -0.2) is 8.42 Å². The molecule has 1 rings (SSSR count). The zero-order valence-corrected chi connectivity index (χ0v) is 10.6. The quantitative estimate of drug-likeness (QED) is 0.925. The van der Waals surface area contributed by atoms with Gasteiger partial charge < -0.3 is 5.11 Å². The van der Waals surface area contributed by atoms with E-state index in [4.69, 9.17) is 0 Å². The average molecular weight is 282 g/mol. The number of aliphatic hydroxyl groups is 1. The van der Waals surface area contributed by atoms with Gasteiger partial charge in [-0.05, 0) is 31.5 Å². The minimum absolute atomic E-state index is 0.0637. The summed E-state index contributed by atoms with van der Waals surface area (Å²) in [5, 5.41) is 9.55. The highest BCUT2D eigenvalue weighted by Crippen LogP contribution is 2.30. The third kappa shape index (κ3) is 3.46. The molecule has 0 spiro atoms. The van der Waals surface area contributed by atoms with Gasteiger partial charge in [0.05, 0.1) is 10.5 Å². The predicted octanol–water partition coefficient (Wildman–Crippen LogP) is 2.29. The largest absolute Gasteiger partial charge is 0.501 e. The van der Waals surface area contributed by atoms with Gasteiger partial charge >= 0.3 is 5.51 Å². The van der Waals surface area contributed by atoms with E-state index in [2.05, 4.69) is 0 Å². The second kappa shape index (κ2) is 4.55. The topological polar surface area (TPSA) is 54.4 Å². The fourth-order valence-corrected chi connectivity index (χ4v) is 2.29. The lowest BCUT2D eigenvalue weighted by molar-refractivity contribution is -0.0436. The molecule has 0 radical (unpaired) electrons.